The Bertz CT molecular complexity index is 548. The number of halogens is 1. The van der Waals surface area contributed by atoms with Crippen LogP contribution in [0.25, 0.3) is 0 Å². The van der Waals surface area contributed by atoms with Crippen molar-refractivity contribution in [2.24, 2.45) is 17.8 Å². The van der Waals surface area contributed by atoms with Crippen LogP contribution in [0.1, 0.15) is 43.0 Å². The maximum absolute atomic E-state index is 12.5. The minimum Gasteiger partial charge on any atom is -0.373 e. The van der Waals surface area contributed by atoms with Crippen molar-refractivity contribution in [1.29, 1.82) is 0 Å². The molecular formula is C16H22ClN3O. The largest absolute Gasteiger partial charge is 0.373 e. The monoisotopic (exact) mass is 307 g/mol. The van der Waals surface area contributed by atoms with Crippen LogP contribution in [-0.2, 0) is 0 Å². The minimum absolute atomic E-state index is 0.103. The number of fused-ring (bicyclic) bond motifs is 2. The summed E-state index contributed by atoms with van der Waals surface area (Å²) >= 11 is 6.10. The van der Waals surface area contributed by atoms with Crippen LogP contribution in [0, 0.1) is 17.8 Å². The van der Waals surface area contributed by atoms with Crippen molar-refractivity contribution in [2.45, 2.75) is 38.6 Å². The van der Waals surface area contributed by atoms with Gasteiger partial charge >= 0.3 is 0 Å². The van der Waals surface area contributed by atoms with E-state index in [1.54, 1.807) is 13.1 Å². The topological polar surface area (TPSA) is 54.0 Å². The van der Waals surface area contributed by atoms with E-state index in [-0.39, 0.29) is 11.9 Å². The highest BCUT2D eigenvalue weighted by Crippen LogP contribution is 2.49. The number of carbonyl (C=O) groups is 1. The molecule has 2 aliphatic rings. The fourth-order valence-electron chi connectivity index (χ4n) is 4.05. The van der Waals surface area contributed by atoms with Gasteiger partial charge in [-0.05, 0) is 50.0 Å². The highest BCUT2D eigenvalue weighted by molar-refractivity contribution is 6.33. The molecule has 0 aromatic carbocycles. The van der Waals surface area contributed by atoms with Gasteiger partial charge in [0.1, 0.15) is 5.82 Å². The number of aromatic nitrogens is 1. The lowest BCUT2D eigenvalue weighted by Gasteiger charge is -2.28. The van der Waals surface area contributed by atoms with Crippen molar-refractivity contribution in [3.63, 3.8) is 0 Å². The van der Waals surface area contributed by atoms with Crippen molar-refractivity contribution in [3.8, 4) is 0 Å². The van der Waals surface area contributed by atoms with Crippen LogP contribution in [0.5, 0.6) is 0 Å². The smallest absolute Gasteiger partial charge is 0.253 e. The number of nitrogens with one attached hydrogen (secondary N) is 2. The van der Waals surface area contributed by atoms with Crippen LogP contribution in [0.4, 0.5) is 5.82 Å². The molecule has 5 heteroatoms. The highest BCUT2D eigenvalue weighted by atomic mass is 35.5. The molecule has 1 amide bonds. The summed E-state index contributed by atoms with van der Waals surface area (Å²) in [5.74, 6) is 2.86. The Labute approximate surface area is 130 Å². The van der Waals surface area contributed by atoms with Gasteiger partial charge in [-0.15, -0.1) is 0 Å². The van der Waals surface area contributed by atoms with E-state index < -0.39 is 0 Å². The zero-order valence-electron chi connectivity index (χ0n) is 12.5. The van der Waals surface area contributed by atoms with Gasteiger partial charge in [-0.3, -0.25) is 4.79 Å². The lowest BCUT2D eigenvalue weighted by atomic mass is 9.84. The molecule has 4 atom stereocenters. The fraction of sp³-hybridized carbons (Fsp3) is 0.625. The predicted molar refractivity (Wildman–Crippen MR) is 84.7 cm³/mol. The van der Waals surface area contributed by atoms with Gasteiger partial charge in [-0.2, -0.15) is 0 Å². The summed E-state index contributed by atoms with van der Waals surface area (Å²) in [6.45, 7) is 2.12. The Morgan fingerprint density at radius 3 is 2.86 bits per heavy atom. The standard InChI is InChI=1S/C16H22ClN3O/c1-9(12-6-10-3-4-11(12)5-10)20-16(21)13-7-15(18-2)19-8-14(13)17/h7-12H,3-6H2,1-2H3,(H,18,19)(H,20,21). The second-order valence-corrected chi connectivity index (χ2v) is 6.81. The summed E-state index contributed by atoms with van der Waals surface area (Å²) in [4.78, 5) is 16.6. The zero-order chi connectivity index (χ0) is 15.0. The summed E-state index contributed by atoms with van der Waals surface area (Å²) in [5.41, 5.74) is 0.492. The van der Waals surface area contributed by atoms with Crippen LogP contribution < -0.4 is 10.6 Å². The summed E-state index contributed by atoms with van der Waals surface area (Å²) < 4.78 is 0. The zero-order valence-corrected chi connectivity index (χ0v) is 13.3. The van der Waals surface area contributed by atoms with E-state index in [2.05, 4.69) is 22.5 Å². The molecule has 3 rings (SSSR count). The number of hydrogen-bond acceptors (Lipinski definition) is 3. The van der Waals surface area contributed by atoms with Gasteiger partial charge in [-0.1, -0.05) is 18.0 Å². The van der Waals surface area contributed by atoms with E-state index in [1.165, 1.54) is 31.9 Å². The molecule has 1 aromatic heterocycles. The lowest BCUT2D eigenvalue weighted by molar-refractivity contribution is 0.0915. The molecule has 0 aliphatic heterocycles. The number of pyridine rings is 1. The number of carbonyl (C=O) groups excluding carboxylic acids is 1. The van der Waals surface area contributed by atoms with Gasteiger partial charge in [-0.25, -0.2) is 4.98 Å². The Hall–Kier alpha value is -1.29. The van der Waals surface area contributed by atoms with Crippen molar-refractivity contribution in [1.82, 2.24) is 10.3 Å². The van der Waals surface area contributed by atoms with Crippen LogP contribution in [-0.4, -0.2) is 24.0 Å². The molecule has 2 bridgehead atoms. The van der Waals surface area contributed by atoms with Gasteiger partial charge in [0, 0.05) is 19.3 Å². The molecule has 114 valence electrons. The third-order valence-electron chi connectivity index (χ3n) is 5.15. The molecule has 4 nitrogen and oxygen atoms in total. The summed E-state index contributed by atoms with van der Waals surface area (Å²) in [5, 5.41) is 6.46. The summed E-state index contributed by atoms with van der Waals surface area (Å²) in [7, 11) is 1.77. The first-order valence-corrected chi connectivity index (χ1v) is 8.10. The number of amides is 1. The SMILES string of the molecule is CNc1cc(C(=O)NC(C)C2CC3CCC2C3)c(Cl)cn1. The number of hydrogen-bond donors (Lipinski definition) is 2. The first-order valence-electron chi connectivity index (χ1n) is 7.72. The quantitative estimate of drug-likeness (QED) is 0.897. The van der Waals surface area contributed by atoms with Gasteiger partial charge in [0.25, 0.3) is 5.91 Å². The van der Waals surface area contributed by atoms with Crippen LogP contribution >= 0.6 is 11.6 Å². The van der Waals surface area contributed by atoms with Crippen LogP contribution in [0.3, 0.4) is 0 Å². The predicted octanol–water partition coefficient (Wildman–Crippen LogP) is 3.33. The maximum Gasteiger partial charge on any atom is 0.253 e. The molecular weight excluding hydrogens is 286 g/mol. The van der Waals surface area contributed by atoms with Crippen molar-refractivity contribution in [2.75, 3.05) is 12.4 Å². The van der Waals surface area contributed by atoms with Gasteiger partial charge in [0.15, 0.2) is 0 Å². The van der Waals surface area contributed by atoms with Gasteiger partial charge in [0.2, 0.25) is 0 Å². The molecule has 0 saturated heterocycles. The normalized spacial score (nSPS) is 28.4. The minimum atomic E-state index is -0.103. The Balaban J connectivity index is 1.68. The first-order chi connectivity index (χ1) is 10.1. The van der Waals surface area contributed by atoms with Gasteiger partial charge in [0.05, 0.1) is 10.6 Å². The van der Waals surface area contributed by atoms with Gasteiger partial charge < -0.3 is 10.6 Å². The molecule has 4 unspecified atom stereocenters. The third-order valence-corrected chi connectivity index (χ3v) is 5.45. The second-order valence-electron chi connectivity index (χ2n) is 6.40. The molecule has 2 saturated carbocycles. The van der Waals surface area contributed by atoms with Crippen molar-refractivity contribution < 1.29 is 4.79 Å². The second kappa shape index (κ2) is 5.84. The van der Waals surface area contributed by atoms with E-state index in [1.807, 2.05) is 0 Å². The molecule has 0 spiro atoms. The summed E-state index contributed by atoms with van der Waals surface area (Å²) in [6, 6.07) is 1.90. The molecule has 1 heterocycles. The maximum atomic E-state index is 12.5. The first kappa shape index (κ1) is 14.6. The lowest BCUT2D eigenvalue weighted by Crippen LogP contribution is -2.40. The molecule has 0 radical (unpaired) electrons. The van der Waals surface area contributed by atoms with E-state index in [0.717, 1.165) is 11.8 Å². The molecule has 2 N–H and O–H groups in total. The third kappa shape index (κ3) is 2.86. The number of rotatable bonds is 4. The number of anilines is 1. The van der Waals surface area contributed by atoms with E-state index in [0.29, 0.717) is 22.3 Å². The Kier molecular flexibility index (Phi) is 4.07. The van der Waals surface area contributed by atoms with Crippen molar-refractivity contribution in [3.05, 3.63) is 22.8 Å². The van der Waals surface area contributed by atoms with Crippen molar-refractivity contribution >= 4 is 23.3 Å². The van der Waals surface area contributed by atoms with Crippen LogP contribution in [0.2, 0.25) is 5.02 Å². The highest BCUT2D eigenvalue weighted by Gasteiger charge is 2.42. The Morgan fingerprint density at radius 1 is 1.43 bits per heavy atom. The average Bonchev–Trinajstić information content (AvgIpc) is 3.10. The molecule has 2 aliphatic carbocycles. The Morgan fingerprint density at radius 2 is 2.24 bits per heavy atom. The van der Waals surface area contributed by atoms with E-state index in [9.17, 15) is 4.79 Å². The number of nitrogens with zero attached hydrogens (tertiary/aromatic N) is 1. The van der Waals surface area contributed by atoms with E-state index >= 15 is 0 Å². The average molecular weight is 308 g/mol. The molecule has 2 fully saturated rings. The van der Waals surface area contributed by atoms with Crippen LogP contribution in [0.15, 0.2) is 12.3 Å². The fourth-order valence-corrected chi connectivity index (χ4v) is 4.24. The van der Waals surface area contributed by atoms with E-state index in [4.69, 9.17) is 11.6 Å². The summed E-state index contributed by atoms with van der Waals surface area (Å²) in [6.07, 6.45) is 6.84. The molecule has 21 heavy (non-hydrogen) atoms. The molecule has 1 aromatic rings.